The second kappa shape index (κ2) is 4.55. The highest BCUT2D eigenvalue weighted by atomic mass is 32.2. The highest BCUT2D eigenvalue weighted by molar-refractivity contribution is 7.89. The van der Waals surface area contributed by atoms with Gasteiger partial charge in [0.25, 0.3) is 0 Å². The van der Waals surface area contributed by atoms with Crippen LogP contribution < -0.4 is 0 Å². The summed E-state index contributed by atoms with van der Waals surface area (Å²) in [5.41, 5.74) is 0.736. The zero-order valence-electron chi connectivity index (χ0n) is 12.8. The zero-order chi connectivity index (χ0) is 15.3. The third-order valence-electron chi connectivity index (χ3n) is 3.71. The second-order valence-corrected chi connectivity index (χ2v) is 8.91. The molecule has 4 nitrogen and oxygen atoms in total. The summed E-state index contributed by atoms with van der Waals surface area (Å²) < 4.78 is 26.6. The van der Waals surface area contributed by atoms with E-state index in [9.17, 15) is 13.5 Å². The largest absolute Gasteiger partial charge is 0.387 e. The van der Waals surface area contributed by atoms with Crippen LogP contribution in [0.2, 0.25) is 0 Å². The molecule has 1 saturated heterocycles. The number of β-amino-alcohol motifs (C(OH)–C–C–N with tert-alkyl or cyclic N) is 1. The van der Waals surface area contributed by atoms with Crippen molar-refractivity contribution in [3.63, 3.8) is 0 Å². The third-order valence-corrected chi connectivity index (χ3v) is 5.64. The number of rotatable bonds is 2. The summed E-state index contributed by atoms with van der Waals surface area (Å²) in [5.74, 6) is 0. The van der Waals surface area contributed by atoms with E-state index in [0.717, 1.165) is 11.1 Å². The summed E-state index contributed by atoms with van der Waals surface area (Å²) in [4.78, 5) is 0.348. The molecule has 2 rings (SSSR count). The van der Waals surface area contributed by atoms with Gasteiger partial charge in [-0.3, -0.25) is 0 Å². The molecule has 0 aromatic heterocycles. The van der Waals surface area contributed by atoms with Crippen molar-refractivity contribution in [2.75, 3.05) is 13.1 Å². The molecule has 0 bridgehead atoms. The molecular weight excluding hydrogens is 274 g/mol. The highest BCUT2D eigenvalue weighted by Gasteiger charge is 2.44. The smallest absolute Gasteiger partial charge is 0.243 e. The maximum absolute atomic E-state index is 12.6. The first kappa shape index (κ1) is 15.5. The summed E-state index contributed by atoms with van der Waals surface area (Å²) in [6.45, 7) is 9.95. The number of aliphatic hydroxyl groups is 1. The van der Waals surface area contributed by atoms with Crippen LogP contribution >= 0.6 is 0 Å². The van der Waals surface area contributed by atoms with E-state index < -0.39 is 15.6 Å². The van der Waals surface area contributed by atoms with Crippen molar-refractivity contribution >= 4 is 10.0 Å². The van der Waals surface area contributed by atoms with Gasteiger partial charge in [0, 0.05) is 13.1 Å². The molecule has 0 spiro atoms. The summed E-state index contributed by atoms with van der Waals surface area (Å²) in [5, 5.41) is 9.74. The monoisotopic (exact) mass is 297 g/mol. The van der Waals surface area contributed by atoms with Gasteiger partial charge in [-0.25, -0.2) is 8.42 Å². The van der Waals surface area contributed by atoms with E-state index in [1.807, 2.05) is 12.1 Å². The Morgan fingerprint density at radius 2 is 1.80 bits per heavy atom. The lowest BCUT2D eigenvalue weighted by Crippen LogP contribution is -2.61. The molecule has 20 heavy (non-hydrogen) atoms. The van der Waals surface area contributed by atoms with Gasteiger partial charge in [0.15, 0.2) is 0 Å². The minimum absolute atomic E-state index is 0.0988. The molecule has 0 unspecified atom stereocenters. The van der Waals surface area contributed by atoms with Crippen molar-refractivity contribution in [3.8, 4) is 0 Å². The minimum Gasteiger partial charge on any atom is -0.387 e. The number of benzene rings is 1. The molecule has 0 radical (unpaired) electrons. The van der Waals surface area contributed by atoms with Gasteiger partial charge in [0.2, 0.25) is 10.0 Å². The maximum atomic E-state index is 12.6. The quantitative estimate of drug-likeness (QED) is 0.909. The maximum Gasteiger partial charge on any atom is 0.243 e. The Balaban J connectivity index is 2.42. The van der Waals surface area contributed by atoms with Crippen LogP contribution in [0.4, 0.5) is 0 Å². The Bertz CT molecular complexity index is 619. The highest BCUT2D eigenvalue weighted by Crippen LogP contribution is 2.32. The first-order chi connectivity index (χ1) is 8.93. The van der Waals surface area contributed by atoms with Gasteiger partial charge >= 0.3 is 0 Å². The lowest BCUT2D eigenvalue weighted by atomic mass is 9.87. The fourth-order valence-corrected chi connectivity index (χ4v) is 4.29. The van der Waals surface area contributed by atoms with Crippen LogP contribution in [0.15, 0.2) is 23.1 Å². The molecule has 1 heterocycles. The molecule has 1 aliphatic heterocycles. The topological polar surface area (TPSA) is 57.6 Å². The van der Waals surface area contributed by atoms with E-state index in [0.29, 0.717) is 4.90 Å². The van der Waals surface area contributed by atoms with Gasteiger partial charge in [-0.05, 0) is 36.5 Å². The third kappa shape index (κ3) is 2.75. The van der Waals surface area contributed by atoms with Gasteiger partial charge in [0.05, 0.1) is 10.5 Å². The zero-order valence-corrected chi connectivity index (χ0v) is 13.6. The van der Waals surface area contributed by atoms with Gasteiger partial charge in [-0.1, -0.05) is 32.9 Å². The number of hydrogen-bond acceptors (Lipinski definition) is 3. The molecule has 1 N–H and O–H groups in total. The molecular formula is C15H23NO3S. The summed E-state index contributed by atoms with van der Waals surface area (Å²) in [6.07, 6.45) is 0. The van der Waals surface area contributed by atoms with Crippen LogP contribution in [0.1, 0.15) is 38.8 Å². The Kier molecular flexibility index (Phi) is 3.52. The Morgan fingerprint density at radius 3 is 2.25 bits per heavy atom. The van der Waals surface area contributed by atoms with E-state index >= 15 is 0 Å². The van der Waals surface area contributed by atoms with Gasteiger partial charge < -0.3 is 5.11 Å². The first-order valence-corrected chi connectivity index (χ1v) is 8.21. The average molecular weight is 297 g/mol. The van der Waals surface area contributed by atoms with Crippen molar-refractivity contribution < 1.29 is 13.5 Å². The van der Waals surface area contributed by atoms with Crippen LogP contribution in [-0.4, -0.2) is 36.5 Å². The van der Waals surface area contributed by atoms with E-state index in [-0.39, 0.29) is 18.5 Å². The predicted octanol–water partition coefficient (Wildman–Crippen LogP) is 2.05. The van der Waals surface area contributed by atoms with Gasteiger partial charge in [-0.15, -0.1) is 0 Å². The van der Waals surface area contributed by atoms with Crippen LogP contribution in [-0.2, 0) is 15.4 Å². The standard InChI is InChI=1S/C15H23NO3S/c1-11-6-7-12(14(2,3)4)8-13(11)20(18,19)16-9-15(5,17)10-16/h6-8,17H,9-10H2,1-5H3. The lowest BCUT2D eigenvalue weighted by molar-refractivity contribution is -0.0426. The van der Waals surface area contributed by atoms with Crippen molar-refractivity contribution in [1.29, 1.82) is 0 Å². The normalized spacial score (nSPS) is 19.7. The van der Waals surface area contributed by atoms with E-state index in [1.165, 1.54) is 4.31 Å². The van der Waals surface area contributed by atoms with Crippen LogP contribution in [0.5, 0.6) is 0 Å². The molecule has 1 fully saturated rings. The van der Waals surface area contributed by atoms with Crippen LogP contribution in [0.3, 0.4) is 0 Å². The Morgan fingerprint density at radius 1 is 1.25 bits per heavy atom. The predicted molar refractivity (Wildman–Crippen MR) is 79.3 cm³/mol. The molecule has 0 aliphatic carbocycles. The SMILES string of the molecule is Cc1ccc(C(C)(C)C)cc1S(=O)(=O)N1CC(C)(O)C1. The van der Waals surface area contributed by atoms with Gasteiger partial charge in [-0.2, -0.15) is 4.31 Å². The molecule has 5 heteroatoms. The van der Waals surface area contributed by atoms with E-state index in [4.69, 9.17) is 0 Å². The number of hydrogen-bond donors (Lipinski definition) is 1. The summed E-state index contributed by atoms with van der Waals surface area (Å²) >= 11 is 0. The van der Waals surface area contributed by atoms with E-state index in [2.05, 4.69) is 20.8 Å². The van der Waals surface area contributed by atoms with Crippen molar-refractivity contribution in [1.82, 2.24) is 4.31 Å². The van der Waals surface area contributed by atoms with Crippen molar-refractivity contribution in [2.24, 2.45) is 0 Å². The molecule has 0 amide bonds. The number of nitrogens with zero attached hydrogens (tertiary/aromatic N) is 1. The molecule has 0 saturated carbocycles. The summed E-state index contributed by atoms with van der Waals surface area (Å²) in [6, 6.07) is 5.59. The van der Waals surface area contributed by atoms with Crippen molar-refractivity contribution in [3.05, 3.63) is 29.3 Å². The average Bonchev–Trinajstić information content (AvgIpc) is 2.24. The van der Waals surface area contributed by atoms with Gasteiger partial charge in [0.1, 0.15) is 0 Å². The number of aryl methyl sites for hydroxylation is 1. The Labute approximate surface area is 121 Å². The molecule has 1 aromatic rings. The molecule has 112 valence electrons. The molecule has 1 aliphatic rings. The van der Waals surface area contributed by atoms with Crippen molar-refractivity contribution in [2.45, 2.75) is 50.5 Å². The van der Waals surface area contributed by atoms with E-state index in [1.54, 1.807) is 19.9 Å². The first-order valence-electron chi connectivity index (χ1n) is 6.77. The fraction of sp³-hybridized carbons (Fsp3) is 0.600. The Hall–Kier alpha value is -0.910. The second-order valence-electron chi connectivity index (χ2n) is 7.00. The lowest BCUT2D eigenvalue weighted by Gasteiger charge is -2.43. The van der Waals surface area contributed by atoms with Crippen LogP contribution in [0.25, 0.3) is 0 Å². The summed E-state index contributed by atoms with van der Waals surface area (Å²) in [7, 11) is -3.51. The van der Waals surface area contributed by atoms with Crippen LogP contribution in [0, 0.1) is 6.92 Å². The molecule has 0 atom stereocenters. The minimum atomic E-state index is -3.51. The number of sulfonamides is 1. The molecule has 1 aromatic carbocycles. The fourth-order valence-electron chi connectivity index (χ4n) is 2.37.